The molecule has 0 atom stereocenters. The van der Waals surface area contributed by atoms with Gasteiger partial charge in [0.25, 0.3) is 0 Å². The van der Waals surface area contributed by atoms with E-state index in [0.717, 1.165) is 18.2 Å². The van der Waals surface area contributed by atoms with Crippen molar-refractivity contribution in [2.75, 3.05) is 0 Å². The van der Waals surface area contributed by atoms with E-state index in [1.807, 2.05) is 0 Å². The average Bonchev–Trinajstić information content (AvgIpc) is 2.03. The Bertz CT molecular complexity index is 348. The second-order valence-corrected chi connectivity index (χ2v) is 2.38. The van der Waals surface area contributed by atoms with Crippen molar-refractivity contribution >= 4 is 101 Å². The first-order chi connectivity index (χ1) is 6.00. The summed E-state index contributed by atoms with van der Waals surface area (Å²) in [4.78, 5) is 20.8. The fourth-order valence-corrected chi connectivity index (χ4v) is 0.858. The molecule has 0 amide bonds. The number of phenolic OH excluding ortho intramolecular Hbond substituents is 1. The summed E-state index contributed by atoms with van der Waals surface area (Å²) in [5.74, 6) is -2.94. The van der Waals surface area contributed by atoms with Crippen LogP contribution in [0.3, 0.4) is 0 Å². The molecule has 0 heterocycles. The fourth-order valence-electron chi connectivity index (χ4n) is 0.858. The Morgan fingerprint density at radius 2 is 1.12 bits per heavy atom. The number of carbonyl (C=O) groups is 2. The van der Waals surface area contributed by atoms with Gasteiger partial charge in [-0.25, -0.2) is 9.59 Å². The third-order valence-corrected chi connectivity index (χ3v) is 1.41. The SMILES string of the molecule is O=C(O)c1cc(O)cc(C(=O)O)c1.[NaH].[NaH].[NaH]. The van der Waals surface area contributed by atoms with E-state index in [1.54, 1.807) is 0 Å². The first-order valence-electron chi connectivity index (χ1n) is 3.31. The van der Waals surface area contributed by atoms with Crippen molar-refractivity contribution in [3.8, 4) is 5.75 Å². The van der Waals surface area contributed by atoms with Crippen LogP contribution in [0.2, 0.25) is 0 Å². The van der Waals surface area contributed by atoms with Gasteiger partial charge in [0.2, 0.25) is 0 Å². The molecule has 0 fully saturated rings. The summed E-state index contributed by atoms with van der Waals surface area (Å²) in [6.45, 7) is 0. The number of phenols is 1. The molecule has 0 spiro atoms. The quantitative estimate of drug-likeness (QED) is 0.579. The molecular weight excluding hydrogens is 245 g/mol. The van der Waals surface area contributed by atoms with E-state index >= 15 is 0 Å². The Morgan fingerprint density at radius 3 is 1.38 bits per heavy atom. The molecule has 0 aliphatic carbocycles. The zero-order valence-electron chi connectivity index (χ0n) is 6.39. The number of aromatic carboxylic acids is 2. The molecule has 0 saturated heterocycles. The Kier molecular flexibility index (Phi) is 13.8. The predicted octanol–water partition coefficient (Wildman–Crippen LogP) is -1.16. The van der Waals surface area contributed by atoms with Gasteiger partial charge < -0.3 is 15.3 Å². The molecule has 16 heavy (non-hydrogen) atoms. The van der Waals surface area contributed by atoms with Crippen molar-refractivity contribution in [1.82, 2.24) is 0 Å². The molecular formula is C8H9Na3O5. The summed E-state index contributed by atoms with van der Waals surface area (Å²) in [6, 6.07) is 2.94. The number of carboxylic acids is 2. The second kappa shape index (κ2) is 9.94. The first kappa shape index (κ1) is 22.2. The molecule has 1 aromatic rings. The van der Waals surface area contributed by atoms with Gasteiger partial charge in [-0.15, -0.1) is 0 Å². The molecule has 5 nitrogen and oxygen atoms in total. The van der Waals surface area contributed by atoms with E-state index < -0.39 is 11.9 Å². The van der Waals surface area contributed by atoms with Crippen LogP contribution in [0.5, 0.6) is 5.75 Å². The topological polar surface area (TPSA) is 94.8 Å². The number of carboxylic acid groups (broad SMARTS) is 2. The first-order valence-corrected chi connectivity index (χ1v) is 3.31. The Hall–Kier alpha value is 0.960. The number of hydrogen-bond acceptors (Lipinski definition) is 3. The number of aromatic hydroxyl groups is 1. The second-order valence-electron chi connectivity index (χ2n) is 2.38. The zero-order valence-corrected chi connectivity index (χ0v) is 6.39. The summed E-state index contributed by atoms with van der Waals surface area (Å²) in [5, 5.41) is 26.0. The summed E-state index contributed by atoms with van der Waals surface area (Å²) in [7, 11) is 0. The number of benzene rings is 1. The van der Waals surface area contributed by atoms with Crippen LogP contribution in [0, 0.1) is 0 Å². The van der Waals surface area contributed by atoms with Gasteiger partial charge in [-0.2, -0.15) is 0 Å². The Balaban J connectivity index is -0.000000563. The maximum absolute atomic E-state index is 10.4. The minimum atomic E-state index is -1.28. The summed E-state index contributed by atoms with van der Waals surface area (Å²) in [5.41, 5.74) is -0.505. The fraction of sp³-hybridized carbons (Fsp3) is 0. The maximum atomic E-state index is 10.4. The predicted molar refractivity (Wildman–Crippen MR) is 63.5 cm³/mol. The molecule has 3 N–H and O–H groups in total. The van der Waals surface area contributed by atoms with Crippen molar-refractivity contribution in [3.63, 3.8) is 0 Å². The molecule has 74 valence electrons. The molecule has 0 radical (unpaired) electrons. The third-order valence-electron chi connectivity index (χ3n) is 1.41. The summed E-state index contributed by atoms with van der Waals surface area (Å²) >= 11 is 0. The van der Waals surface area contributed by atoms with Gasteiger partial charge in [0.15, 0.2) is 0 Å². The molecule has 1 rings (SSSR count). The van der Waals surface area contributed by atoms with Crippen LogP contribution < -0.4 is 0 Å². The van der Waals surface area contributed by atoms with Crippen molar-refractivity contribution in [2.45, 2.75) is 0 Å². The van der Waals surface area contributed by atoms with Crippen LogP contribution in [-0.4, -0.2) is 116 Å². The van der Waals surface area contributed by atoms with Gasteiger partial charge in [0.05, 0.1) is 11.1 Å². The average molecular weight is 254 g/mol. The van der Waals surface area contributed by atoms with E-state index in [-0.39, 0.29) is 106 Å². The van der Waals surface area contributed by atoms with E-state index in [2.05, 4.69) is 0 Å². The molecule has 8 heteroatoms. The monoisotopic (exact) mass is 254 g/mol. The zero-order chi connectivity index (χ0) is 10.0. The summed E-state index contributed by atoms with van der Waals surface area (Å²) < 4.78 is 0. The number of rotatable bonds is 2. The van der Waals surface area contributed by atoms with E-state index in [4.69, 9.17) is 15.3 Å². The molecule has 1 aromatic carbocycles. The van der Waals surface area contributed by atoms with Gasteiger partial charge >= 0.3 is 101 Å². The van der Waals surface area contributed by atoms with Crippen LogP contribution in [0.25, 0.3) is 0 Å². The molecule has 0 saturated carbocycles. The van der Waals surface area contributed by atoms with Gasteiger partial charge in [-0.1, -0.05) is 0 Å². The van der Waals surface area contributed by atoms with Gasteiger partial charge in [-0.3, -0.25) is 0 Å². The standard InChI is InChI=1S/C8H6O5.3Na.3H/c9-6-2-4(7(10)11)1-5(3-6)8(12)13;;;;;;/h1-3,9H,(H,10,11)(H,12,13);;;;;;. The molecule has 0 aliphatic rings. The van der Waals surface area contributed by atoms with Crippen LogP contribution in [0.15, 0.2) is 18.2 Å². The Morgan fingerprint density at radius 1 is 0.812 bits per heavy atom. The van der Waals surface area contributed by atoms with Crippen molar-refractivity contribution in [1.29, 1.82) is 0 Å². The van der Waals surface area contributed by atoms with Gasteiger partial charge in [0.1, 0.15) is 5.75 Å². The summed E-state index contributed by atoms with van der Waals surface area (Å²) in [6.07, 6.45) is 0. The van der Waals surface area contributed by atoms with Crippen molar-refractivity contribution in [3.05, 3.63) is 29.3 Å². The van der Waals surface area contributed by atoms with Gasteiger partial charge in [-0.05, 0) is 18.2 Å². The number of hydrogen-bond donors (Lipinski definition) is 3. The van der Waals surface area contributed by atoms with E-state index in [9.17, 15) is 9.59 Å². The normalized spacial score (nSPS) is 7.75. The van der Waals surface area contributed by atoms with E-state index in [0.29, 0.717) is 0 Å². The van der Waals surface area contributed by atoms with Crippen LogP contribution in [-0.2, 0) is 0 Å². The minimum absolute atomic E-state index is 0. The van der Waals surface area contributed by atoms with Gasteiger partial charge in [0, 0.05) is 0 Å². The van der Waals surface area contributed by atoms with Crippen molar-refractivity contribution in [2.24, 2.45) is 0 Å². The van der Waals surface area contributed by atoms with Crippen molar-refractivity contribution < 1.29 is 24.9 Å². The van der Waals surface area contributed by atoms with Crippen LogP contribution in [0.1, 0.15) is 20.7 Å². The van der Waals surface area contributed by atoms with E-state index in [1.165, 1.54) is 0 Å². The molecule has 0 aromatic heterocycles. The molecule has 0 bridgehead atoms. The van der Waals surface area contributed by atoms with Crippen LogP contribution in [0.4, 0.5) is 0 Å². The molecule has 0 aliphatic heterocycles. The van der Waals surface area contributed by atoms with Crippen LogP contribution >= 0.6 is 0 Å². The Labute approximate surface area is 158 Å². The third kappa shape index (κ3) is 6.64. The molecule has 0 unspecified atom stereocenters.